The van der Waals surface area contributed by atoms with Crippen molar-refractivity contribution in [3.8, 4) is 16.9 Å². The Bertz CT molecular complexity index is 947. The number of nitrogens with zero attached hydrogens (tertiary/aromatic N) is 2. The molecule has 1 aliphatic heterocycles. The first-order chi connectivity index (χ1) is 13.6. The van der Waals surface area contributed by atoms with Crippen molar-refractivity contribution < 1.29 is 9.53 Å². The fourth-order valence-electron chi connectivity index (χ4n) is 3.65. The lowest BCUT2D eigenvalue weighted by Crippen LogP contribution is -2.33. The Balaban J connectivity index is 1.37. The molecule has 1 aliphatic rings. The number of nitrogens with one attached hydrogen (secondary N) is 2. The molecule has 2 aromatic heterocycles. The highest BCUT2D eigenvalue weighted by molar-refractivity contribution is 7.10. The lowest BCUT2D eigenvalue weighted by molar-refractivity contribution is -0.124. The second-order valence-corrected chi connectivity index (χ2v) is 8.06. The van der Waals surface area contributed by atoms with Crippen LogP contribution in [0.25, 0.3) is 11.1 Å². The van der Waals surface area contributed by atoms with Crippen molar-refractivity contribution in [2.24, 2.45) is 13.0 Å². The van der Waals surface area contributed by atoms with E-state index in [9.17, 15) is 4.79 Å². The molecule has 146 valence electrons. The number of amides is 1. The van der Waals surface area contributed by atoms with Crippen LogP contribution in [0.2, 0.25) is 0 Å². The summed E-state index contributed by atoms with van der Waals surface area (Å²) in [5.74, 6) is 1.05. The van der Waals surface area contributed by atoms with Crippen LogP contribution < -0.4 is 15.4 Å². The lowest BCUT2D eigenvalue weighted by atomic mass is 9.90. The van der Waals surface area contributed by atoms with E-state index in [0.717, 1.165) is 33.9 Å². The number of carbonyl (C=O) groups is 1. The number of aryl methyl sites for hydroxylation is 1. The molecular formula is C21H24N4O2S. The fourth-order valence-corrected chi connectivity index (χ4v) is 4.48. The summed E-state index contributed by atoms with van der Waals surface area (Å²) in [6, 6.07) is 10.1. The van der Waals surface area contributed by atoms with Gasteiger partial charge in [0.1, 0.15) is 5.75 Å². The third kappa shape index (κ3) is 3.95. The van der Waals surface area contributed by atoms with Gasteiger partial charge in [0.2, 0.25) is 5.91 Å². The maximum absolute atomic E-state index is 12.8. The summed E-state index contributed by atoms with van der Waals surface area (Å²) in [5, 5.41) is 12.8. The topological polar surface area (TPSA) is 68.2 Å². The van der Waals surface area contributed by atoms with Gasteiger partial charge in [-0.2, -0.15) is 5.10 Å². The van der Waals surface area contributed by atoms with E-state index in [4.69, 9.17) is 4.74 Å². The molecule has 0 saturated carbocycles. The van der Waals surface area contributed by atoms with Crippen LogP contribution in [0.1, 0.15) is 16.4 Å². The fraction of sp³-hybridized carbons (Fsp3) is 0.333. The van der Waals surface area contributed by atoms with E-state index in [1.807, 2.05) is 43.7 Å². The van der Waals surface area contributed by atoms with Crippen LogP contribution in [-0.4, -0.2) is 35.9 Å². The number of thiophene rings is 1. The summed E-state index contributed by atoms with van der Waals surface area (Å²) in [4.78, 5) is 13.9. The Labute approximate surface area is 168 Å². The Kier molecular flexibility index (Phi) is 5.45. The van der Waals surface area contributed by atoms with Gasteiger partial charge in [-0.05, 0) is 40.3 Å². The highest BCUT2D eigenvalue weighted by Crippen LogP contribution is 2.29. The molecule has 2 atom stereocenters. The van der Waals surface area contributed by atoms with Gasteiger partial charge in [-0.15, -0.1) is 11.3 Å². The third-order valence-corrected chi connectivity index (χ3v) is 6.15. The highest BCUT2D eigenvalue weighted by Gasteiger charge is 2.34. The van der Waals surface area contributed by atoms with E-state index >= 15 is 0 Å². The summed E-state index contributed by atoms with van der Waals surface area (Å²) < 4.78 is 7.00. The van der Waals surface area contributed by atoms with E-state index in [2.05, 4.69) is 27.2 Å². The molecule has 1 amide bonds. The van der Waals surface area contributed by atoms with E-state index in [-0.39, 0.29) is 17.7 Å². The van der Waals surface area contributed by atoms with E-state index < -0.39 is 0 Å². The van der Waals surface area contributed by atoms with E-state index in [0.29, 0.717) is 13.1 Å². The first-order valence-corrected chi connectivity index (χ1v) is 10.2. The molecule has 28 heavy (non-hydrogen) atoms. The number of hydrogen-bond acceptors (Lipinski definition) is 5. The van der Waals surface area contributed by atoms with Gasteiger partial charge in [0.15, 0.2) is 0 Å². The first kappa shape index (κ1) is 18.7. The minimum atomic E-state index is -0.0646. The van der Waals surface area contributed by atoms with Gasteiger partial charge in [0.25, 0.3) is 0 Å². The van der Waals surface area contributed by atoms with Gasteiger partial charge in [0.05, 0.1) is 25.8 Å². The molecule has 0 radical (unpaired) electrons. The molecule has 7 heteroatoms. The van der Waals surface area contributed by atoms with Crippen LogP contribution in [0, 0.1) is 5.92 Å². The molecule has 1 saturated heterocycles. The van der Waals surface area contributed by atoms with Crippen LogP contribution in [-0.2, 0) is 18.4 Å². The highest BCUT2D eigenvalue weighted by atomic mass is 32.1. The second-order valence-electron chi connectivity index (χ2n) is 7.07. The van der Waals surface area contributed by atoms with Crippen molar-refractivity contribution >= 4 is 17.2 Å². The quantitative estimate of drug-likeness (QED) is 0.672. The van der Waals surface area contributed by atoms with Crippen molar-refractivity contribution in [1.82, 2.24) is 20.4 Å². The van der Waals surface area contributed by atoms with Crippen molar-refractivity contribution in [1.29, 1.82) is 0 Å². The Morgan fingerprint density at radius 1 is 1.32 bits per heavy atom. The van der Waals surface area contributed by atoms with Gasteiger partial charge in [0, 0.05) is 37.1 Å². The molecule has 6 nitrogen and oxygen atoms in total. The van der Waals surface area contributed by atoms with Crippen LogP contribution >= 0.6 is 11.3 Å². The molecule has 1 aromatic carbocycles. The number of hydrogen-bond donors (Lipinski definition) is 2. The van der Waals surface area contributed by atoms with Gasteiger partial charge in [-0.3, -0.25) is 9.48 Å². The monoisotopic (exact) mass is 396 g/mol. The SMILES string of the molecule is COc1ccc(-c2csc(CNC(=O)[C@H]3CNC[C@@H]3c3cnn(C)c3)c2)cc1. The van der Waals surface area contributed by atoms with Crippen LogP contribution in [0.15, 0.2) is 48.1 Å². The van der Waals surface area contributed by atoms with Crippen LogP contribution in [0.4, 0.5) is 0 Å². The molecule has 3 aromatic rings. The largest absolute Gasteiger partial charge is 0.497 e. The average molecular weight is 397 g/mol. The zero-order chi connectivity index (χ0) is 19.5. The number of carbonyl (C=O) groups excluding carboxylic acids is 1. The average Bonchev–Trinajstić information content (AvgIpc) is 3.46. The maximum atomic E-state index is 12.8. The minimum Gasteiger partial charge on any atom is -0.497 e. The minimum absolute atomic E-state index is 0.0646. The normalized spacial score (nSPS) is 18.9. The van der Waals surface area contributed by atoms with Gasteiger partial charge >= 0.3 is 0 Å². The van der Waals surface area contributed by atoms with E-state index in [1.54, 1.807) is 23.1 Å². The maximum Gasteiger partial charge on any atom is 0.225 e. The first-order valence-electron chi connectivity index (χ1n) is 9.33. The standard InChI is InChI=1S/C21H24N4O2S/c1-25-12-16(8-24-25)19-10-22-11-20(19)21(26)23-9-18-7-15(13-28-18)14-3-5-17(27-2)6-4-14/h3-8,12-13,19-20,22H,9-11H2,1-2H3,(H,23,26)/t19-,20+/m1/s1. The summed E-state index contributed by atoms with van der Waals surface area (Å²) >= 11 is 1.66. The molecule has 0 spiro atoms. The van der Waals surface area contributed by atoms with Gasteiger partial charge < -0.3 is 15.4 Å². The van der Waals surface area contributed by atoms with Gasteiger partial charge in [-0.1, -0.05) is 12.1 Å². The molecule has 0 bridgehead atoms. The van der Waals surface area contributed by atoms with Crippen molar-refractivity contribution in [3.05, 3.63) is 58.5 Å². The van der Waals surface area contributed by atoms with Crippen molar-refractivity contribution in [2.75, 3.05) is 20.2 Å². The smallest absolute Gasteiger partial charge is 0.225 e. The molecule has 3 heterocycles. The molecule has 0 aliphatic carbocycles. The van der Waals surface area contributed by atoms with Crippen molar-refractivity contribution in [3.63, 3.8) is 0 Å². The number of rotatable bonds is 6. The van der Waals surface area contributed by atoms with Crippen LogP contribution in [0.5, 0.6) is 5.75 Å². The Hall–Kier alpha value is -2.64. The number of ether oxygens (including phenoxy) is 1. The molecular weight excluding hydrogens is 372 g/mol. The van der Waals surface area contributed by atoms with Gasteiger partial charge in [-0.25, -0.2) is 0 Å². The molecule has 2 N–H and O–H groups in total. The summed E-state index contributed by atoms with van der Waals surface area (Å²) in [6.45, 7) is 2.06. The summed E-state index contributed by atoms with van der Waals surface area (Å²) in [6.07, 6.45) is 3.86. The van der Waals surface area contributed by atoms with Crippen molar-refractivity contribution in [2.45, 2.75) is 12.5 Å². The zero-order valence-electron chi connectivity index (χ0n) is 16.0. The van der Waals surface area contributed by atoms with Crippen LogP contribution in [0.3, 0.4) is 0 Å². The third-order valence-electron chi connectivity index (χ3n) is 5.22. The Morgan fingerprint density at radius 3 is 2.86 bits per heavy atom. The molecule has 0 unspecified atom stereocenters. The second kappa shape index (κ2) is 8.16. The predicted molar refractivity (Wildman–Crippen MR) is 110 cm³/mol. The Morgan fingerprint density at radius 2 is 2.14 bits per heavy atom. The number of benzene rings is 1. The summed E-state index contributed by atoms with van der Waals surface area (Å²) in [5.41, 5.74) is 3.42. The number of aromatic nitrogens is 2. The summed E-state index contributed by atoms with van der Waals surface area (Å²) in [7, 11) is 3.57. The molecule has 1 fully saturated rings. The number of methoxy groups -OCH3 is 1. The zero-order valence-corrected chi connectivity index (χ0v) is 16.8. The lowest BCUT2D eigenvalue weighted by Gasteiger charge is -2.16. The molecule has 4 rings (SSSR count). The predicted octanol–water partition coefficient (Wildman–Crippen LogP) is 2.78. The van der Waals surface area contributed by atoms with E-state index in [1.165, 1.54) is 0 Å².